The molecular weight excluding hydrogens is 214 g/mol. The second-order valence-electron chi connectivity index (χ2n) is 4.65. The average Bonchev–Trinajstić information content (AvgIpc) is 2.68. The maximum absolute atomic E-state index is 5.59. The van der Waals surface area contributed by atoms with Crippen molar-refractivity contribution >= 4 is 5.82 Å². The van der Waals surface area contributed by atoms with E-state index in [0.717, 1.165) is 32.7 Å². The van der Waals surface area contributed by atoms with Crippen LogP contribution in [0.25, 0.3) is 0 Å². The van der Waals surface area contributed by atoms with Crippen LogP contribution in [0.4, 0.5) is 5.82 Å². The van der Waals surface area contributed by atoms with Crippen LogP contribution in [0.2, 0.25) is 0 Å². The van der Waals surface area contributed by atoms with E-state index in [1.165, 1.54) is 6.42 Å². The minimum atomic E-state index is 0.598. The van der Waals surface area contributed by atoms with Crippen LogP contribution < -0.4 is 5.73 Å². The van der Waals surface area contributed by atoms with Crippen LogP contribution in [0.15, 0.2) is 12.3 Å². The number of nitrogens with two attached hydrogens (primary N) is 1. The number of hydrogen-bond donors (Lipinski definition) is 1. The Labute approximate surface area is 104 Å². The lowest BCUT2D eigenvalue weighted by molar-refractivity contribution is 0.230. The summed E-state index contributed by atoms with van der Waals surface area (Å²) in [6.45, 7) is 7.51. The second kappa shape index (κ2) is 7.29. The Balaban J connectivity index is 2.33. The second-order valence-corrected chi connectivity index (χ2v) is 4.65. The van der Waals surface area contributed by atoms with Gasteiger partial charge in [0, 0.05) is 25.8 Å². The number of nitrogen functional groups attached to an aromatic ring is 1. The predicted molar refractivity (Wildman–Crippen MR) is 71.9 cm³/mol. The van der Waals surface area contributed by atoms with Gasteiger partial charge in [0.05, 0.1) is 6.54 Å². The van der Waals surface area contributed by atoms with Crippen LogP contribution in [-0.2, 0) is 6.54 Å². The van der Waals surface area contributed by atoms with Gasteiger partial charge >= 0.3 is 0 Å². The monoisotopic (exact) mass is 239 g/mol. The van der Waals surface area contributed by atoms with Crippen LogP contribution in [0.3, 0.4) is 0 Å². The molecule has 0 unspecified atom stereocenters. The average molecular weight is 239 g/mol. The highest BCUT2D eigenvalue weighted by molar-refractivity contribution is 5.23. The van der Waals surface area contributed by atoms with Gasteiger partial charge in [0.2, 0.25) is 0 Å². The Morgan fingerprint density at radius 2 is 2.00 bits per heavy atom. The number of likely N-dealkylation sites (N-methyl/N-ethyl adjacent to an activating group) is 1. The van der Waals surface area contributed by atoms with Crippen molar-refractivity contribution in [2.24, 2.45) is 0 Å². The summed E-state index contributed by atoms with van der Waals surface area (Å²) in [6.07, 6.45) is 3.13. The van der Waals surface area contributed by atoms with Crippen LogP contribution in [-0.4, -0.2) is 59.9 Å². The molecule has 0 fully saturated rings. The molecule has 0 amide bonds. The molecule has 0 saturated carbocycles. The molecule has 0 bridgehead atoms. The molecule has 0 aliphatic carbocycles. The predicted octanol–water partition coefficient (Wildman–Crippen LogP) is 0.739. The number of anilines is 1. The molecule has 1 heterocycles. The summed E-state index contributed by atoms with van der Waals surface area (Å²) in [6, 6.07) is 1.84. The van der Waals surface area contributed by atoms with Crippen molar-refractivity contribution in [1.82, 2.24) is 19.6 Å². The van der Waals surface area contributed by atoms with Gasteiger partial charge in [-0.1, -0.05) is 6.92 Å². The van der Waals surface area contributed by atoms with Gasteiger partial charge in [-0.15, -0.1) is 0 Å². The zero-order valence-electron chi connectivity index (χ0n) is 11.3. The third-order valence-corrected chi connectivity index (χ3v) is 2.71. The first-order chi connectivity index (χ1) is 8.11. The van der Waals surface area contributed by atoms with E-state index in [-0.39, 0.29) is 0 Å². The third-order valence-electron chi connectivity index (χ3n) is 2.71. The highest BCUT2D eigenvalue weighted by Crippen LogP contribution is 1.98. The fourth-order valence-corrected chi connectivity index (χ4v) is 1.74. The molecule has 0 aliphatic heterocycles. The smallest absolute Gasteiger partial charge is 0.145 e. The van der Waals surface area contributed by atoms with Gasteiger partial charge in [-0.3, -0.25) is 4.68 Å². The molecule has 1 aromatic heterocycles. The maximum Gasteiger partial charge on any atom is 0.145 e. The largest absolute Gasteiger partial charge is 0.382 e. The first-order valence-electron chi connectivity index (χ1n) is 6.28. The topological polar surface area (TPSA) is 50.3 Å². The van der Waals surface area contributed by atoms with Gasteiger partial charge in [-0.05, 0) is 33.1 Å². The highest BCUT2D eigenvalue weighted by atomic mass is 15.3. The van der Waals surface area contributed by atoms with E-state index >= 15 is 0 Å². The third kappa shape index (κ3) is 5.70. The molecule has 0 aliphatic rings. The van der Waals surface area contributed by atoms with E-state index in [9.17, 15) is 0 Å². The summed E-state index contributed by atoms with van der Waals surface area (Å²) >= 11 is 0. The molecule has 2 N–H and O–H groups in total. The zero-order valence-corrected chi connectivity index (χ0v) is 11.3. The van der Waals surface area contributed by atoms with E-state index in [2.05, 4.69) is 35.9 Å². The van der Waals surface area contributed by atoms with Crippen molar-refractivity contribution in [3.05, 3.63) is 12.3 Å². The quantitative estimate of drug-likeness (QED) is 0.727. The first kappa shape index (κ1) is 14.0. The maximum atomic E-state index is 5.59. The van der Waals surface area contributed by atoms with Crippen LogP contribution in [0.5, 0.6) is 0 Å². The summed E-state index contributed by atoms with van der Waals surface area (Å²) in [4.78, 5) is 4.69. The lowest BCUT2D eigenvalue weighted by atomic mass is 10.4. The van der Waals surface area contributed by atoms with Gasteiger partial charge in [0.1, 0.15) is 5.82 Å². The van der Waals surface area contributed by atoms with E-state index < -0.39 is 0 Å². The molecule has 0 atom stereocenters. The number of hydrogen-bond acceptors (Lipinski definition) is 4. The Kier molecular flexibility index (Phi) is 6.00. The normalized spacial score (nSPS) is 11.6. The highest BCUT2D eigenvalue weighted by Gasteiger charge is 2.05. The summed E-state index contributed by atoms with van der Waals surface area (Å²) in [7, 11) is 4.22. The minimum absolute atomic E-state index is 0.598. The summed E-state index contributed by atoms with van der Waals surface area (Å²) in [5.74, 6) is 0.598. The van der Waals surface area contributed by atoms with Crippen LogP contribution in [0.1, 0.15) is 13.3 Å². The molecule has 0 aromatic carbocycles. The van der Waals surface area contributed by atoms with Crippen LogP contribution >= 0.6 is 0 Å². The van der Waals surface area contributed by atoms with Gasteiger partial charge in [0.15, 0.2) is 0 Å². The van der Waals surface area contributed by atoms with E-state index in [1.807, 2.05) is 16.9 Å². The van der Waals surface area contributed by atoms with Crippen molar-refractivity contribution < 1.29 is 0 Å². The van der Waals surface area contributed by atoms with E-state index in [0.29, 0.717) is 5.82 Å². The Hall–Kier alpha value is -1.07. The van der Waals surface area contributed by atoms with E-state index in [4.69, 9.17) is 5.73 Å². The summed E-state index contributed by atoms with van der Waals surface area (Å²) in [5, 5.41) is 4.20. The molecule has 98 valence electrons. The Morgan fingerprint density at radius 1 is 1.24 bits per heavy atom. The minimum Gasteiger partial charge on any atom is -0.382 e. The molecule has 0 saturated heterocycles. The summed E-state index contributed by atoms with van der Waals surface area (Å²) in [5.41, 5.74) is 5.59. The Morgan fingerprint density at radius 3 is 2.53 bits per heavy atom. The van der Waals surface area contributed by atoms with Gasteiger partial charge in [0.25, 0.3) is 0 Å². The Bertz CT molecular complexity index is 308. The van der Waals surface area contributed by atoms with Crippen molar-refractivity contribution in [3.63, 3.8) is 0 Å². The van der Waals surface area contributed by atoms with Crippen molar-refractivity contribution in [3.8, 4) is 0 Å². The molecule has 1 aromatic rings. The molecule has 0 radical (unpaired) electrons. The molecule has 1 rings (SSSR count). The first-order valence-corrected chi connectivity index (χ1v) is 6.28. The lowest BCUT2D eigenvalue weighted by Crippen LogP contribution is -2.34. The standard InChI is InChI=1S/C12H25N5/c1-4-6-16(9-8-15(2)3)10-11-17-7-5-12(13)14-17/h5,7H,4,6,8-11H2,1-3H3,(H2,13,14). The number of rotatable bonds is 8. The summed E-state index contributed by atoms with van der Waals surface area (Å²) < 4.78 is 1.91. The van der Waals surface area contributed by atoms with Gasteiger partial charge in [-0.2, -0.15) is 5.10 Å². The molecule has 17 heavy (non-hydrogen) atoms. The zero-order chi connectivity index (χ0) is 12.7. The fraction of sp³-hybridized carbons (Fsp3) is 0.750. The number of nitrogens with zero attached hydrogens (tertiary/aromatic N) is 4. The van der Waals surface area contributed by atoms with Gasteiger partial charge < -0.3 is 15.5 Å². The fourth-order valence-electron chi connectivity index (χ4n) is 1.74. The molecule has 5 heteroatoms. The van der Waals surface area contributed by atoms with Crippen molar-refractivity contribution in [1.29, 1.82) is 0 Å². The van der Waals surface area contributed by atoms with E-state index in [1.54, 1.807) is 0 Å². The van der Waals surface area contributed by atoms with Gasteiger partial charge in [-0.25, -0.2) is 0 Å². The van der Waals surface area contributed by atoms with Crippen molar-refractivity contribution in [2.45, 2.75) is 19.9 Å². The number of aromatic nitrogens is 2. The molecule has 0 spiro atoms. The molecular formula is C12H25N5. The molecule has 5 nitrogen and oxygen atoms in total. The van der Waals surface area contributed by atoms with Crippen LogP contribution in [0, 0.1) is 0 Å². The van der Waals surface area contributed by atoms with Crippen molar-refractivity contribution in [2.75, 3.05) is 46.0 Å². The SMILES string of the molecule is CCCN(CCN(C)C)CCn1ccc(N)n1. The lowest BCUT2D eigenvalue weighted by Gasteiger charge is -2.23.